The molecule has 0 spiro atoms. The Morgan fingerprint density at radius 1 is 1.44 bits per heavy atom. The molecule has 0 radical (unpaired) electrons. The van der Waals surface area contributed by atoms with Gasteiger partial charge in [0.1, 0.15) is 0 Å². The Labute approximate surface area is 99.2 Å². The number of aromatic nitrogens is 2. The Balaban J connectivity index is 2.68. The highest BCUT2D eigenvalue weighted by Gasteiger charge is 2.24. The molecule has 0 amide bonds. The first-order valence-electron chi connectivity index (χ1n) is 6.26. The molecule has 0 aliphatic rings. The molecule has 1 rings (SSSR count). The third-order valence-corrected chi connectivity index (χ3v) is 3.11. The smallest absolute Gasteiger partial charge is 0.0527 e. The van der Waals surface area contributed by atoms with E-state index in [4.69, 9.17) is 0 Å². The van der Waals surface area contributed by atoms with Gasteiger partial charge in [-0.25, -0.2) is 0 Å². The molecule has 3 nitrogen and oxygen atoms in total. The minimum absolute atomic E-state index is 0.189. The van der Waals surface area contributed by atoms with Crippen molar-refractivity contribution >= 4 is 0 Å². The predicted molar refractivity (Wildman–Crippen MR) is 68.7 cm³/mol. The molecule has 0 aromatic carbocycles. The fourth-order valence-electron chi connectivity index (χ4n) is 2.19. The maximum Gasteiger partial charge on any atom is 0.0527 e. The summed E-state index contributed by atoms with van der Waals surface area (Å²) >= 11 is 0. The third kappa shape index (κ3) is 3.34. The van der Waals surface area contributed by atoms with Crippen molar-refractivity contribution in [2.24, 2.45) is 0 Å². The van der Waals surface area contributed by atoms with Gasteiger partial charge in [-0.1, -0.05) is 20.8 Å². The average Bonchev–Trinajstić information content (AvgIpc) is 2.65. The summed E-state index contributed by atoms with van der Waals surface area (Å²) in [5, 5.41) is 7.82. The number of nitrogens with zero attached hydrogens (tertiary/aromatic N) is 2. The van der Waals surface area contributed by atoms with Gasteiger partial charge < -0.3 is 5.32 Å². The largest absolute Gasteiger partial charge is 0.315 e. The fourth-order valence-corrected chi connectivity index (χ4v) is 2.19. The fraction of sp³-hybridized carbons (Fsp3) is 0.769. The van der Waals surface area contributed by atoms with Gasteiger partial charge in [0.05, 0.1) is 6.20 Å². The van der Waals surface area contributed by atoms with Crippen LogP contribution >= 0.6 is 0 Å². The lowest BCUT2D eigenvalue weighted by Gasteiger charge is -2.27. The lowest BCUT2D eigenvalue weighted by molar-refractivity contribution is 0.394. The first-order chi connectivity index (χ1) is 7.49. The van der Waals surface area contributed by atoms with Gasteiger partial charge in [-0.2, -0.15) is 5.10 Å². The van der Waals surface area contributed by atoms with Crippen LogP contribution in [0.25, 0.3) is 0 Å². The average molecular weight is 223 g/mol. The van der Waals surface area contributed by atoms with Crippen molar-refractivity contribution in [3.05, 3.63) is 18.0 Å². The highest BCUT2D eigenvalue weighted by molar-refractivity contribution is 5.17. The molecule has 1 aromatic heterocycles. The highest BCUT2D eigenvalue weighted by atomic mass is 15.3. The SMILES string of the molecule is CCNC(C)CC(C)(C)c1cnn(CC)c1. The molecule has 0 saturated heterocycles. The van der Waals surface area contributed by atoms with Crippen LogP contribution in [0.15, 0.2) is 12.4 Å². The molecule has 3 heteroatoms. The second-order valence-electron chi connectivity index (χ2n) is 5.13. The quantitative estimate of drug-likeness (QED) is 0.803. The molecule has 92 valence electrons. The van der Waals surface area contributed by atoms with Crippen molar-refractivity contribution in [1.82, 2.24) is 15.1 Å². The molecule has 1 heterocycles. The van der Waals surface area contributed by atoms with Crippen LogP contribution in [-0.2, 0) is 12.0 Å². The topological polar surface area (TPSA) is 29.9 Å². The molecule has 0 aliphatic carbocycles. The molecule has 16 heavy (non-hydrogen) atoms. The van der Waals surface area contributed by atoms with Gasteiger partial charge >= 0.3 is 0 Å². The Bertz CT molecular complexity index is 315. The monoisotopic (exact) mass is 223 g/mol. The molecule has 0 saturated carbocycles. The van der Waals surface area contributed by atoms with E-state index in [2.05, 4.69) is 51.2 Å². The van der Waals surface area contributed by atoms with Gasteiger partial charge in [-0.15, -0.1) is 0 Å². The highest BCUT2D eigenvalue weighted by Crippen LogP contribution is 2.27. The van der Waals surface area contributed by atoms with Gasteiger partial charge in [0.25, 0.3) is 0 Å². The van der Waals surface area contributed by atoms with Crippen LogP contribution in [-0.4, -0.2) is 22.4 Å². The van der Waals surface area contributed by atoms with Gasteiger partial charge in [0, 0.05) is 18.8 Å². The number of nitrogens with one attached hydrogen (secondary N) is 1. The summed E-state index contributed by atoms with van der Waals surface area (Å²) in [5.41, 5.74) is 1.52. The van der Waals surface area contributed by atoms with Crippen molar-refractivity contribution in [2.45, 2.75) is 59.0 Å². The molecule has 0 fully saturated rings. The first-order valence-corrected chi connectivity index (χ1v) is 6.26. The molecule has 1 aromatic rings. The van der Waals surface area contributed by atoms with Crippen LogP contribution < -0.4 is 5.32 Å². The first kappa shape index (κ1) is 13.2. The summed E-state index contributed by atoms with van der Waals surface area (Å²) in [6, 6.07) is 0.546. The van der Waals surface area contributed by atoms with Gasteiger partial charge in [-0.05, 0) is 37.8 Å². The van der Waals surface area contributed by atoms with Crippen molar-refractivity contribution < 1.29 is 0 Å². The molecule has 0 aliphatic heterocycles. The van der Waals surface area contributed by atoms with E-state index in [1.54, 1.807) is 0 Å². The number of rotatable bonds is 6. The summed E-state index contributed by atoms with van der Waals surface area (Å²) in [6.45, 7) is 13.1. The molecular formula is C13H25N3. The molecule has 1 unspecified atom stereocenters. The molecule has 1 N–H and O–H groups in total. The maximum absolute atomic E-state index is 4.35. The van der Waals surface area contributed by atoms with Crippen molar-refractivity contribution in [3.8, 4) is 0 Å². The van der Waals surface area contributed by atoms with Crippen LogP contribution in [0.3, 0.4) is 0 Å². The van der Waals surface area contributed by atoms with E-state index in [9.17, 15) is 0 Å². The van der Waals surface area contributed by atoms with E-state index in [-0.39, 0.29) is 5.41 Å². The van der Waals surface area contributed by atoms with Crippen LogP contribution in [0, 0.1) is 0 Å². The second-order valence-corrected chi connectivity index (χ2v) is 5.13. The minimum Gasteiger partial charge on any atom is -0.315 e. The zero-order valence-corrected chi connectivity index (χ0v) is 11.2. The van der Waals surface area contributed by atoms with Crippen LogP contribution in [0.2, 0.25) is 0 Å². The maximum atomic E-state index is 4.35. The lowest BCUT2D eigenvalue weighted by Crippen LogP contribution is -2.32. The van der Waals surface area contributed by atoms with Gasteiger partial charge in [0.2, 0.25) is 0 Å². The van der Waals surface area contributed by atoms with Gasteiger partial charge in [-0.3, -0.25) is 4.68 Å². The van der Waals surface area contributed by atoms with Crippen molar-refractivity contribution in [3.63, 3.8) is 0 Å². The number of aryl methyl sites for hydroxylation is 1. The van der Waals surface area contributed by atoms with Crippen molar-refractivity contribution in [2.75, 3.05) is 6.54 Å². The summed E-state index contributed by atoms with van der Waals surface area (Å²) < 4.78 is 2.00. The zero-order chi connectivity index (χ0) is 12.2. The zero-order valence-electron chi connectivity index (χ0n) is 11.2. The summed E-state index contributed by atoms with van der Waals surface area (Å²) in [6.07, 6.45) is 5.30. The van der Waals surface area contributed by atoms with E-state index in [0.717, 1.165) is 19.5 Å². The van der Waals surface area contributed by atoms with E-state index in [1.165, 1.54) is 5.56 Å². The van der Waals surface area contributed by atoms with E-state index >= 15 is 0 Å². The summed E-state index contributed by atoms with van der Waals surface area (Å²) in [4.78, 5) is 0. The standard InChI is InChI=1S/C13H25N3/c1-6-14-11(3)8-13(4,5)12-9-15-16(7-2)10-12/h9-11,14H,6-8H2,1-5H3. The summed E-state index contributed by atoms with van der Waals surface area (Å²) in [7, 11) is 0. The number of hydrogen-bond donors (Lipinski definition) is 1. The van der Waals surface area contributed by atoms with Crippen molar-refractivity contribution in [1.29, 1.82) is 0 Å². The second kappa shape index (κ2) is 5.48. The lowest BCUT2D eigenvalue weighted by atomic mass is 9.81. The van der Waals surface area contributed by atoms with E-state index < -0.39 is 0 Å². The van der Waals surface area contributed by atoms with E-state index in [0.29, 0.717) is 6.04 Å². The Morgan fingerprint density at radius 2 is 2.12 bits per heavy atom. The number of hydrogen-bond acceptors (Lipinski definition) is 2. The predicted octanol–water partition coefficient (Wildman–Crippen LogP) is 2.57. The minimum atomic E-state index is 0.189. The van der Waals surface area contributed by atoms with Gasteiger partial charge in [0.15, 0.2) is 0 Å². The van der Waals surface area contributed by atoms with E-state index in [1.807, 2.05) is 10.9 Å². The Morgan fingerprint density at radius 3 is 2.62 bits per heavy atom. The Kier molecular flexibility index (Phi) is 4.54. The molecule has 0 bridgehead atoms. The van der Waals surface area contributed by atoms with Crippen LogP contribution in [0.1, 0.15) is 46.6 Å². The van der Waals surface area contributed by atoms with Crippen LogP contribution in [0.4, 0.5) is 0 Å². The Hall–Kier alpha value is -0.830. The summed E-state index contributed by atoms with van der Waals surface area (Å²) in [5.74, 6) is 0. The normalized spacial score (nSPS) is 14.1. The van der Waals surface area contributed by atoms with Crippen LogP contribution in [0.5, 0.6) is 0 Å². The third-order valence-electron chi connectivity index (χ3n) is 3.11. The molecular weight excluding hydrogens is 198 g/mol. The molecule has 1 atom stereocenters.